The Bertz CT molecular complexity index is 943. The summed E-state index contributed by atoms with van der Waals surface area (Å²) in [6, 6.07) is 11.4. The molecule has 0 aromatic heterocycles. The van der Waals surface area contributed by atoms with Crippen molar-refractivity contribution in [3.8, 4) is 11.5 Å². The van der Waals surface area contributed by atoms with E-state index >= 15 is 0 Å². The van der Waals surface area contributed by atoms with Crippen LogP contribution >= 0.6 is 0 Å². The third kappa shape index (κ3) is 4.31. The molecule has 1 unspecified atom stereocenters. The normalized spacial score (nSPS) is 15.9. The van der Waals surface area contributed by atoms with Crippen LogP contribution < -0.4 is 19.7 Å². The highest BCUT2D eigenvalue weighted by atomic mass is 16.5. The van der Waals surface area contributed by atoms with E-state index in [1.807, 2.05) is 19.1 Å². The van der Waals surface area contributed by atoms with Crippen LogP contribution in [0, 0.1) is 5.92 Å². The van der Waals surface area contributed by atoms with Crippen LogP contribution in [0.2, 0.25) is 0 Å². The Kier molecular flexibility index (Phi) is 6.01. The number of hydrogen-bond donors (Lipinski definition) is 2. The maximum absolute atomic E-state index is 12.7. The van der Waals surface area contributed by atoms with Crippen LogP contribution in [0.1, 0.15) is 23.7 Å². The van der Waals surface area contributed by atoms with E-state index < -0.39 is 11.9 Å². The zero-order valence-corrected chi connectivity index (χ0v) is 16.2. The molecule has 1 aliphatic heterocycles. The number of para-hydroxylation sites is 2. The molecular formula is C21H22N2O6. The number of carboxylic acid groups (broad SMARTS) is 1. The van der Waals surface area contributed by atoms with Gasteiger partial charge in [0.25, 0.3) is 0 Å². The molecule has 29 heavy (non-hydrogen) atoms. The topological polar surface area (TPSA) is 105 Å². The summed E-state index contributed by atoms with van der Waals surface area (Å²) >= 11 is 0. The molecule has 3 rings (SSSR count). The number of carbonyl (C=O) groups excluding carboxylic acids is 2. The standard InChI is InChI=1S/C21H22N2O6/c1-3-29-17-7-5-4-6-16(17)23-12-14(11-19(23)24)20(25)22-15-9-8-13(21(26)27)10-18(15)28-2/h4-10,14H,3,11-12H2,1-2H3,(H,22,25)(H,26,27). The van der Waals surface area contributed by atoms with Crippen LogP contribution in [0.4, 0.5) is 11.4 Å². The minimum Gasteiger partial charge on any atom is -0.495 e. The average Bonchev–Trinajstić information content (AvgIpc) is 3.10. The van der Waals surface area contributed by atoms with Crippen molar-refractivity contribution in [1.29, 1.82) is 0 Å². The zero-order chi connectivity index (χ0) is 21.0. The monoisotopic (exact) mass is 398 g/mol. The number of nitrogens with zero attached hydrogens (tertiary/aromatic N) is 1. The van der Waals surface area contributed by atoms with Gasteiger partial charge in [0.05, 0.1) is 36.6 Å². The predicted octanol–water partition coefficient (Wildman–Crippen LogP) is 2.78. The fraction of sp³-hybridized carbons (Fsp3) is 0.286. The number of benzene rings is 2. The summed E-state index contributed by atoms with van der Waals surface area (Å²) in [7, 11) is 1.39. The Morgan fingerprint density at radius 1 is 1.21 bits per heavy atom. The fourth-order valence-corrected chi connectivity index (χ4v) is 3.24. The smallest absolute Gasteiger partial charge is 0.335 e. The molecule has 2 aromatic rings. The van der Waals surface area contributed by atoms with Gasteiger partial charge in [-0.25, -0.2) is 4.79 Å². The van der Waals surface area contributed by atoms with E-state index in [2.05, 4.69) is 5.32 Å². The van der Waals surface area contributed by atoms with Gasteiger partial charge < -0.3 is 24.8 Å². The summed E-state index contributed by atoms with van der Waals surface area (Å²) in [6.07, 6.45) is 0.0712. The van der Waals surface area contributed by atoms with Crippen molar-refractivity contribution < 1.29 is 29.0 Å². The van der Waals surface area contributed by atoms with E-state index in [0.717, 1.165) is 0 Å². The number of ether oxygens (including phenoxy) is 2. The minimum absolute atomic E-state index is 0.0506. The largest absolute Gasteiger partial charge is 0.495 e. The lowest BCUT2D eigenvalue weighted by molar-refractivity contribution is -0.122. The zero-order valence-electron chi connectivity index (χ0n) is 16.2. The van der Waals surface area contributed by atoms with Gasteiger partial charge in [0.2, 0.25) is 11.8 Å². The summed E-state index contributed by atoms with van der Waals surface area (Å²) in [5.41, 5.74) is 1.04. The van der Waals surface area contributed by atoms with Gasteiger partial charge in [-0.2, -0.15) is 0 Å². The number of methoxy groups -OCH3 is 1. The first kappa shape index (κ1) is 20.2. The van der Waals surface area contributed by atoms with Crippen LogP contribution in [-0.2, 0) is 9.59 Å². The molecule has 152 valence electrons. The quantitative estimate of drug-likeness (QED) is 0.743. The molecule has 0 saturated carbocycles. The Morgan fingerprint density at radius 3 is 2.66 bits per heavy atom. The summed E-state index contributed by atoms with van der Waals surface area (Å²) in [5, 5.41) is 11.8. The van der Waals surface area contributed by atoms with Crippen LogP contribution in [0.3, 0.4) is 0 Å². The highest BCUT2D eigenvalue weighted by Crippen LogP contribution is 2.34. The van der Waals surface area contributed by atoms with Crippen LogP contribution in [0.25, 0.3) is 0 Å². The van der Waals surface area contributed by atoms with Crippen molar-refractivity contribution in [3.63, 3.8) is 0 Å². The maximum Gasteiger partial charge on any atom is 0.335 e. The van der Waals surface area contributed by atoms with E-state index in [4.69, 9.17) is 14.6 Å². The SMILES string of the molecule is CCOc1ccccc1N1CC(C(=O)Nc2ccc(C(=O)O)cc2OC)CC1=O. The van der Waals surface area contributed by atoms with Crippen molar-refractivity contribution in [2.75, 3.05) is 30.5 Å². The first-order chi connectivity index (χ1) is 13.9. The molecule has 1 saturated heterocycles. The lowest BCUT2D eigenvalue weighted by Gasteiger charge is -2.20. The summed E-state index contributed by atoms with van der Waals surface area (Å²) in [5.74, 6) is -1.31. The van der Waals surface area contributed by atoms with Crippen molar-refractivity contribution in [1.82, 2.24) is 0 Å². The van der Waals surface area contributed by atoms with Crippen molar-refractivity contribution >= 4 is 29.2 Å². The van der Waals surface area contributed by atoms with E-state index in [1.165, 1.54) is 25.3 Å². The molecular weight excluding hydrogens is 376 g/mol. The van der Waals surface area contributed by atoms with Crippen molar-refractivity contribution in [3.05, 3.63) is 48.0 Å². The number of amides is 2. The maximum atomic E-state index is 12.7. The van der Waals surface area contributed by atoms with Crippen LogP contribution in [0.15, 0.2) is 42.5 Å². The van der Waals surface area contributed by atoms with Crippen molar-refractivity contribution in [2.24, 2.45) is 5.92 Å². The van der Waals surface area contributed by atoms with E-state index in [-0.39, 0.29) is 36.1 Å². The number of carbonyl (C=O) groups is 3. The van der Waals surface area contributed by atoms with E-state index in [0.29, 0.717) is 23.7 Å². The molecule has 1 fully saturated rings. The van der Waals surface area contributed by atoms with Crippen molar-refractivity contribution in [2.45, 2.75) is 13.3 Å². The number of carboxylic acids is 1. The summed E-state index contributed by atoms with van der Waals surface area (Å²) < 4.78 is 10.8. The number of aromatic carboxylic acids is 1. The molecule has 1 heterocycles. The Hall–Kier alpha value is -3.55. The molecule has 0 aliphatic carbocycles. The second-order valence-electron chi connectivity index (χ2n) is 6.52. The lowest BCUT2D eigenvalue weighted by Crippen LogP contribution is -2.28. The lowest BCUT2D eigenvalue weighted by atomic mass is 10.1. The van der Waals surface area contributed by atoms with Gasteiger partial charge in [-0.05, 0) is 37.3 Å². The highest BCUT2D eigenvalue weighted by molar-refractivity contribution is 6.04. The Balaban J connectivity index is 1.75. The summed E-state index contributed by atoms with van der Waals surface area (Å²) in [6.45, 7) is 2.56. The number of hydrogen-bond acceptors (Lipinski definition) is 5. The van der Waals surface area contributed by atoms with E-state index in [9.17, 15) is 14.4 Å². The minimum atomic E-state index is -1.09. The second-order valence-corrected chi connectivity index (χ2v) is 6.52. The van der Waals surface area contributed by atoms with Gasteiger partial charge in [0.15, 0.2) is 0 Å². The van der Waals surface area contributed by atoms with Crippen LogP contribution in [0.5, 0.6) is 11.5 Å². The molecule has 8 nitrogen and oxygen atoms in total. The number of rotatable bonds is 7. The van der Waals surface area contributed by atoms with Gasteiger partial charge in [0, 0.05) is 13.0 Å². The first-order valence-corrected chi connectivity index (χ1v) is 9.19. The molecule has 0 radical (unpaired) electrons. The van der Waals surface area contributed by atoms with Gasteiger partial charge in [0.1, 0.15) is 11.5 Å². The molecule has 0 bridgehead atoms. The third-order valence-electron chi connectivity index (χ3n) is 4.66. The average molecular weight is 398 g/mol. The molecule has 8 heteroatoms. The fourth-order valence-electron chi connectivity index (χ4n) is 3.24. The van der Waals surface area contributed by atoms with Gasteiger partial charge in [-0.15, -0.1) is 0 Å². The Morgan fingerprint density at radius 2 is 1.97 bits per heavy atom. The summed E-state index contributed by atoms with van der Waals surface area (Å²) in [4.78, 5) is 37.9. The molecule has 1 aliphatic rings. The Labute approximate surface area is 168 Å². The third-order valence-corrected chi connectivity index (χ3v) is 4.66. The molecule has 2 amide bonds. The molecule has 2 aromatic carbocycles. The highest BCUT2D eigenvalue weighted by Gasteiger charge is 2.36. The number of anilines is 2. The van der Waals surface area contributed by atoms with Gasteiger partial charge >= 0.3 is 5.97 Å². The molecule has 1 atom stereocenters. The number of nitrogens with one attached hydrogen (secondary N) is 1. The predicted molar refractivity (Wildman–Crippen MR) is 107 cm³/mol. The second kappa shape index (κ2) is 8.64. The van der Waals surface area contributed by atoms with Gasteiger partial charge in [-0.3, -0.25) is 9.59 Å². The first-order valence-electron chi connectivity index (χ1n) is 9.19. The van der Waals surface area contributed by atoms with Gasteiger partial charge in [-0.1, -0.05) is 12.1 Å². The molecule has 2 N–H and O–H groups in total. The van der Waals surface area contributed by atoms with Crippen LogP contribution in [-0.4, -0.2) is 43.2 Å². The molecule has 0 spiro atoms. The van der Waals surface area contributed by atoms with E-state index in [1.54, 1.807) is 17.0 Å².